The van der Waals surface area contributed by atoms with Gasteiger partial charge < -0.3 is 5.32 Å². The fourth-order valence-corrected chi connectivity index (χ4v) is 3.05. The zero-order chi connectivity index (χ0) is 15.6. The summed E-state index contributed by atoms with van der Waals surface area (Å²) in [6.07, 6.45) is 5.02. The van der Waals surface area contributed by atoms with Gasteiger partial charge in [-0.05, 0) is 49.6 Å². The van der Waals surface area contributed by atoms with E-state index in [1.54, 1.807) is 6.20 Å². The number of carbonyl (C=O) groups is 1. The Kier molecular flexibility index (Phi) is 4.16. The van der Waals surface area contributed by atoms with E-state index in [-0.39, 0.29) is 11.3 Å². The Hall–Kier alpha value is -1.87. The van der Waals surface area contributed by atoms with Crippen molar-refractivity contribution in [3.8, 4) is 0 Å². The molecule has 1 aliphatic carbocycles. The molecule has 0 unspecified atom stereocenters. The maximum Gasteiger partial charge on any atom is 0.252 e. The summed E-state index contributed by atoms with van der Waals surface area (Å²) in [7, 11) is 0. The molecular formula is C18H19ClN2O. The lowest BCUT2D eigenvalue weighted by Crippen LogP contribution is -2.45. The lowest BCUT2D eigenvalue weighted by Gasteiger charge is -2.42. The van der Waals surface area contributed by atoms with Crippen LogP contribution in [-0.2, 0) is 5.41 Å². The van der Waals surface area contributed by atoms with Gasteiger partial charge in [-0.25, -0.2) is 0 Å². The van der Waals surface area contributed by atoms with Crippen LogP contribution in [0, 0.1) is 6.92 Å². The zero-order valence-electron chi connectivity index (χ0n) is 12.6. The molecule has 1 aromatic carbocycles. The molecule has 1 heterocycles. The van der Waals surface area contributed by atoms with Gasteiger partial charge in [-0.3, -0.25) is 9.78 Å². The minimum Gasteiger partial charge on any atom is -0.351 e. The van der Waals surface area contributed by atoms with Crippen molar-refractivity contribution in [2.45, 2.75) is 31.6 Å². The van der Waals surface area contributed by atoms with Gasteiger partial charge in [-0.1, -0.05) is 30.2 Å². The van der Waals surface area contributed by atoms with Crippen molar-refractivity contribution in [3.05, 3.63) is 64.4 Å². The Labute approximate surface area is 135 Å². The highest BCUT2D eigenvalue weighted by Crippen LogP contribution is 2.43. The Morgan fingerprint density at radius 3 is 2.50 bits per heavy atom. The predicted octanol–water partition coefficient (Wildman–Crippen LogP) is 3.90. The lowest BCUT2D eigenvalue weighted by molar-refractivity contribution is 0.0927. The summed E-state index contributed by atoms with van der Waals surface area (Å²) in [5.74, 6) is -0.0623. The van der Waals surface area contributed by atoms with E-state index in [0.29, 0.717) is 12.1 Å². The number of benzene rings is 1. The highest BCUT2D eigenvalue weighted by Gasteiger charge is 2.38. The quantitative estimate of drug-likeness (QED) is 0.930. The van der Waals surface area contributed by atoms with Gasteiger partial charge in [0.1, 0.15) is 0 Å². The van der Waals surface area contributed by atoms with Crippen LogP contribution >= 0.6 is 11.6 Å². The summed E-state index contributed by atoms with van der Waals surface area (Å²) in [6, 6.07) is 11.6. The minimum atomic E-state index is -0.0623. The van der Waals surface area contributed by atoms with Gasteiger partial charge in [-0.15, -0.1) is 0 Å². The predicted molar refractivity (Wildman–Crippen MR) is 88.3 cm³/mol. The van der Waals surface area contributed by atoms with Crippen LogP contribution in [0.25, 0.3) is 0 Å². The van der Waals surface area contributed by atoms with E-state index in [9.17, 15) is 4.79 Å². The third-order valence-electron chi connectivity index (χ3n) is 4.53. The van der Waals surface area contributed by atoms with Crippen molar-refractivity contribution in [1.29, 1.82) is 0 Å². The molecule has 1 aliphatic rings. The molecule has 1 fully saturated rings. The van der Waals surface area contributed by atoms with E-state index >= 15 is 0 Å². The number of halogens is 1. The van der Waals surface area contributed by atoms with E-state index in [2.05, 4.69) is 22.4 Å². The summed E-state index contributed by atoms with van der Waals surface area (Å²) in [6.45, 7) is 2.56. The van der Waals surface area contributed by atoms with Gasteiger partial charge in [0.05, 0.1) is 5.56 Å². The topological polar surface area (TPSA) is 42.0 Å². The molecule has 22 heavy (non-hydrogen) atoms. The summed E-state index contributed by atoms with van der Waals surface area (Å²) in [5, 5.41) is 3.81. The largest absolute Gasteiger partial charge is 0.351 e. The number of aromatic nitrogens is 1. The molecule has 0 saturated heterocycles. The first-order valence-electron chi connectivity index (χ1n) is 7.56. The third-order valence-corrected chi connectivity index (χ3v) is 4.78. The number of rotatable bonds is 4. The molecule has 0 atom stereocenters. The monoisotopic (exact) mass is 314 g/mol. The number of nitrogens with one attached hydrogen (secondary N) is 1. The van der Waals surface area contributed by atoms with Crippen LogP contribution in [0.15, 0.2) is 42.6 Å². The van der Waals surface area contributed by atoms with Crippen LogP contribution in [0.4, 0.5) is 0 Å². The van der Waals surface area contributed by atoms with Gasteiger partial charge >= 0.3 is 0 Å². The first kappa shape index (κ1) is 15.0. The molecule has 1 saturated carbocycles. The molecule has 0 spiro atoms. The molecule has 3 nitrogen and oxygen atoms in total. The van der Waals surface area contributed by atoms with Gasteiger partial charge in [-0.2, -0.15) is 0 Å². The minimum absolute atomic E-state index is 0.0539. The molecule has 1 aromatic heterocycles. The molecule has 0 radical (unpaired) electrons. The highest BCUT2D eigenvalue weighted by molar-refractivity contribution is 6.30. The lowest BCUT2D eigenvalue weighted by atomic mass is 9.64. The number of hydrogen-bond acceptors (Lipinski definition) is 2. The number of nitrogens with zero attached hydrogens (tertiary/aromatic N) is 1. The fraction of sp³-hybridized carbons (Fsp3) is 0.333. The van der Waals surface area contributed by atoms with Crippen LogP contribution < -0.4 is 5.32 Å². The molecule has 1 N–H and O–H groups in total. The summed E-state index contributed by atoms with van der Waals surface area (Å²) in [4.78, 5) is 16.4. The first-order chi connectivity index (χ1) is 10.6. The second-order valence-corrected chi connectivity index (χ2v) is 6.45. The highest BCUT2D eigenvalue weighted by atomic mass is 35.5. The summed E-state index contributed by atoms with van der Waals surface area (Å²) >= 11 is 5.97. The third kappa shape index (κ3) is 3.00. The molecule has 114 valence electrons. The Bertz CT molecular complexity index is 660. The van der Waals surface area contributed by atoms with Crippen LogP contribution in [0.3, 0.4) is 0 Å². The van der Waals surface area contributed by atoms with Crippen molar-refractivity contribution in [1.82, 2.24) is 10.3 Å². The second kappa shape index (κ2) is 6.09. The normalized spacial score (nSPS) is 15.9. The summed E-state index contributed by atoms with van der Waals surface area (Å²) in [5.41, 5.74) is 2.83. The van der Waals surface area contributed by atoms with Gasteiger partial charge in [0.2, 0.25) is 0 Å². The number of aryl methyl sites for hydroxylation is 1. The van der Waals surface area contributed by atoms with E-state index in [0.717, 1.165) is 23.6 Å². The molecule has 0 aliphatic heterocycles. The average molecular weight is 315 g/mol. The SMILES string of the molecule is Cc1ccc(C(=O)NCC2(c3ccc(Cl)cc3)CCC2)cn1. The van der Waals surface area contributed by atoms with E-state index in [4.69, 9.17) is 11.6 Å². The van der Waals surface area contributed by atoms with Crippen molar-refractivity contribution in [2.75, 3.05) is 6.54 Å². The van der Waals surface area contributed by atoms with Crippen molar-refractivity contribution in [3.63, 3.8) is 0 Å². The molecule has 4 heteroatoms. The summed E-state index contributed by atoms with van der Waals surface area (Å²) < 4.78 is 0. The number of carbonyl (C=O) groups excluding carboxylic acids is 1. The number of pyridine rings is 1. The average Bonchev–Trinajstić information content (AvgIpc) is 2.48. The van der Waals surface area contributed by atoms with Crippen LogP contribution in [0.2, 0.25) is 5.02 Å². The van der Waals surface area contributed by atoms with E-state index in [1.165, 1.54) is 12.0 Å². The molecule has 1 amide bonds. The van der Waals surface area contributed by atoms with Crippen molar-refractivity contribution < 1.29 is 4.79 Å². The molecular weight excluding hydrogens is 296 g/mol. The van der Waals surface area contributed by atoms with Crippen LogP contribution in [-0.4, -0.2) is 17.4 Å². The Morgan fingerprint density at radius 2 is 1.95 bits per heavy atom. The fourth-order valence-electron chi connectivity index (χ4n) is 2.93. The van der Waals surface area contributed by atoms with E-state index < -0.39 is 0 Å². The smallest absolute Gasteiger partial charge is 0.252 e. The maximum absolute atomic E-state index is 12.3. The first-order valence-corrected chi connectivity index (χ1v) is 7.94. The molecule has 3 rings (SSSR count). The Morgan fingerprint density at radius 1 is 1.23 bits per heavy atom. The van der Waals surface area contributed by atoms with Crippen molar-refractivity contribution >= 4 is 17.5 Å². The van der Waals surface area contributed by atoms with Crippen molar-refractivity contribution in [2.24, 2.45) is 0 Å². The molecule has 2 aromatic rings. The van der Waals surface area contributed by atoms with Crippen LogP contribution in [0.5, 0.6) is 0 Å². The Balaban J connectivity index is 1.69. The number of amides is 1. The second-order valence-electron chi connectivity index (χ2n) is 6.01. The number of hydrogen-bond donors (Lipinski definition) is 1. The standard InChI is InChI=1S/C18H19ClN2O/c1-13-3-4-14(11-20-13)17(22)21-12-18(9-2-10-18)15-5-7-16(19)8-6-15/h3-8,11H,2,9-10,12H2,1H3,(H,21,22). The maximum atomic E-state index is 12.3. The molecule has 0 bridgehead atoms. The van der Waals surface area contributed by atoms with Gasteiger partial charge in [0, 0.05) is 28.9 Å². The zero-order valence-corrected chi connectivity index (χ0v) is 13.4. The van der Waals surface area contributed by atoms with Crippen LogP contribution in [0.1, 0.15) is 40.9 Å². The van der Waals surface area contributed by atoms with Gasteiger partial charge in [0.25, 0.3) is 5.91 Å². The van der Waals surface area contributed by atoms with E-state index in [1.807, 2.05) is 31.2 Å². The van der Waals surface area contributed by atoms with Gasteiger partial charge in [0.15, 0.2) is 0 Å².